The fourth-order valence-electron chi connectivity index (χ4n) is 9.57. The predicted molar refractivity (Wildman–Crippen MR) is 245 cm³/mol. The number of hydrogen-bond donors (Lipinski definition) is 0. The zero-order valence-corrected chi connectivity index (χ0v) is 35.7. The van der Waals surface area contributed by atoms with E-state index in [9.17, 15) is 44.8 Å². The van der Waals surface area contributed by atoms with Gasteiger partial charge in [0, 0.05) is 27.1 Å². The summed E-state index contributed by atoms with van der Waals surface area (Å²) in [6, 6.07) is 42.2. The van der Waals surface area contributed by atoms with Crippen LogP contribution < -0.4 is 0 Å². The Balaban J connectivity index is 1.30. The smallest absolute Gasteiger partial charge is 0.308 e. The first-order chi connectivity index (χ1) is 31.8. The highest BCUT2D eigenvalue weighted by molar-refractivity contribution is 6.13. The standard InChI is InChI=1S/C55H34F9N3/c1-30-12-17-38(31(2)22-30)34-13-20-48-43(26-34)41-8-4-6-10-46(41)66(48)50-24-33(29-65)25-51(52(50)39-18-15-36(23-32(39)3)53(56,57)58)67-47-11-7-5-9-42(47)44-27-35(14-21-49(44)67)40-19-16-37(54(59,60)61)28-45(40)55(62,63)64/h4-28H,1-3H3. The number of para-hydroxylation sites is 2. The van der Waals surface area contributed by atoms with Gasteiger partial charge in [-0.2, -0.15) is 44.8 Å². The Morgan fingerprint density at radius 3 is 1.37 bits per heavy atom. The maximum absolute atomic E-state index is 14.5. The molecule has 0 saturated carbocycles. The molecule has 0 aliphatic heterocycles. The number of benzene rings is 8. The van der Waals surface area contributed by atoms with Crippen molar-refractivity contribution in [3.05, 3.63) is 191 Å². The summed E-state index contributed by atoms with van der Waals surface area (Å²) in [6.07, 6.45) is -14.8. The molecule has 0 bridgehead atoms. The highest BCUT2D eigenvalue weighted by Crippen LogP contribution is 2.47. The molecule has 332 valence electrons. The molecule has 0 saturated heterocycles. The Labute approximate surface area is 377 Å². The first kappa shape index (κ1) is 43.1. The van der Waals surface area contributed by atoms with Gasteiger partial charge in [-0.15, -0.1) is 0 Å². The van der Waals surface area contributed by atoms with Gasteiger partial charge in [0.1, 0.15) is 0 Å². The van der Waals surface area contributed by atoms with Crippen LogP contribution in [0, 0.1) is 32.1 Å². The van der Waals surface area contributed by atoms with Gasteiger partial charge in [0.15, 0.2) is 0 Å². The Bertz CT molecular complexity index is 3710. The maximum Gasteiger partial charge on any atom is 0.417 e. The molecule has 0 spiro atoms. The lowest BCUT2D eigenvalue weighted by molar-refractivity contribution is -0.143. The molecular formula is C55H34F9N3. The summed E-state index contributed by atoms with van der Waals surface area (Å²) in [5, 5.41) is 13.5. The number of aromatic nitrogens is 2. The fourth-order valence-corrected chi connectivity index (χ4v) is 9.57. The van der Waals surface area contributed by atoms with Gasteiger partial charge in [-0.1, -0.05) is 84.4 Å². The van der Waals surface area contributed by atoms with Gasteiger partial charge in [-0.25, -0.2) is 0 Å². The monoisotopic (exact) mass is 907 g/mol. The van der Waals surface area contributed by atoms with Gasteiger partial charge in [-0.3, -0.25) is 0 Å². The Hall–Kier alpha value is -7.78. The van der Waals surface area contributed by atoms with Gasteiger partial charge in [0.25, 0.3) is 0 Å². The van der Waals surface area contributed by atoms with Gasteiger partial charge < -0.3 is 9.13 Å². The second kappa shape index (κ2) is 15.4. The van der Waals surface area contributed by atoms with Gasteiger partial charge in [0.2, 0.25) is 0 Å². The Kier molecular flexibility index (Phi) is 9.92. The molecule has 0 radical (unpaired) electrons. The highest BCUT2D eigenvalue weighted by atomic mass is 19.4. The molecule has 2 heterocycles. The first-order valence-corrected chi connectivity index (χ1v) is 21.0. The summed E-state index contributed by atoms with van der Waals surface area (Å²) in [6.45, 7) is 5.66. The number of halogens is 9. The topological polar surface area (TPSA) is 33.6 Å². The third-order valence-corrected chi connectivity index (χ3v) is 12.5. The van der Waals surface area contributed by atoms with Crippen LogP contribution in [0.15, 0.2) is 152 Å². The van der Waals surface area contributed by atoms with Crippen LogP contribution >= 0.6 is 0 Å². The van der Waals surface area contributed by atoms with E-state index in [-0.39, 0.29) is 22.8 Å². The summed E-state index contributed by atoms with van der Waals surface area (Å²) in [4.78, 5) is 0. The molecule has 12 heteroatoms. The third-order valence-electron chi connectivity index (χ3n) is 12.5. The van der Waals surface area contributed by atoms with E-state index in [1.165, 1.54) is 18.2 Å². The molecular weight excluding hydrogens is 874 g/mol. The molecule has 0 amide bonds. The van der Waals surface area contributed by atoms with Crippen molar-refractivity contribution in [1.29, 1.82) is 5.26 Å². The number of aryl methyl sites for hydroxylation is 3. The molecule has 2 aromatic heterocycles. The van der Waals surface area contributed by atoms with Gasteiger partial charge >= 0.3 is 18.5 Å². The molecule has 0 unspecified atom stereocenters. The summed E-state index contributed by atoms with van der Waals surface area (Å²) in [5.74, 6) is 0. The molecule has 3 nitrogen and oxygen atoms in total. The van der Waals surface area contributed by atoms with Crippen molar-refractivity contribution in [1.82, 2.24) is 9.13 Å². The molecule has 10 aromatic rings. The number of alkyl halides is 9. The number of nitrogens with zero attached hydrogens (tertiary/aromatic N) is 3. The molecule has 0 N–H and O–H groups in total. The van der Waals surface area contributed by atoms with Crippen LogP contribution in [-0.4, -0.2) is 9.13 Å². The van der Waals surface area contributed by atoms with Crippen LogP contribution in [-0.2, 0) is 18.5 Å². The fraction of sp³-hybridized carbons (Fsp3) is 0.109. The lowest BCUT2D eigenvalue weighted by atomic mass is 9.93. The highest BCUT2D eigenvalue weighted by Gasteiger charge is 2.39. The van der Waals surface area contributed by atoms with E-state index in [1.807, 2.05) is 65.4 Å². The van der Waals surface area contributed by atoms with Crippen LogP contribution in [0.25, 0.3) is 88.4 Å². The van der Waals surface area contributed by atoms with Crippen LogP contribution in [0.2, 0.25) is 0 Å². The van der Waals surface area contributed by atoms with Crippen molar-refractivity contribution >= 4 is 43.6 Å². The van der Waals surface area contributed by atoms with Crippen molar-refractivity contribution in [2.24, 2.45) is 0 Å². The maximum atomic E-state index is 14.5. The number of fused-ring (bicyclic) bond motifs is 6. The minimum atomic E-state index is -5.13. The number of nitriles is 1. The van der Waals surface area contributed by atoms with Crippen LogP contribution in [0.1, 0.15) is 38.9 Å². The molecule has 0 aliphatic rings. The van der Waals surface area contributed by atoms with E-state index >= 15 is 0 Å². The van der Waals surface area contributed by atoms with Crippen LogP contribution in [0.5, 0.6) is 0 Å². The quantitative estimate of drug-likeness (QED) is 0.158. The average Bonchev–Trinajstić information content (AvgIpc) is 3.79. The third kappa shape index (κ3) is 7.26. The second-order valence-electron chi connectivity index (χ2n) is 16.8. The summed E-state index contributed by atoms with van der Waals surface area (Å²) in [5.41, 5.74) is 4.77. The van der Waals surface area contributed by atoms with E-state index in [2.05, 4.69) is 24.3 Å². The average molecular weight is 908 g/mol. The zero-order valence-electron chi connectivity index (χ0n) is 35.7. The summed E-state index contributed by atoms with van der Waals surface area (Å²) in [7, 11) is 0. The van der Waals surface area contributed by atoms with Gasteiger partial charge in [0.05, 0.1) is 61.8 Å². The van der Waals surface area contributed by atoms with E-state index in [0.29, 0.717) is 50.4 Å². The van der Waals surface area contributed by atoms with Crippen LogP contribution in [0.4, 0.5) is 39.5 Å². The minimum Gasteiger partial charge on any atom is -0.308 e. The molecule has 0 fully saturated rings. The van der Waals surface area contributed by atoms with Gasteiger partial charge in [-0.05, 0) is 133 Å². The predicted octanol–water partition coefficient (Wildman–Crippen LogP) is 16.7. The molecule has 0 atom stereocenters. The van der Waals surface area contributed by atoms with Crippen molar-refractivity contribution in [2.45, 2.75) is 39.3 Å². The minimum absolute atomic E-state index is 0.00667. The van der Waals surface area contributed by atoms with Crippen molar-refractivity contribution in [2.75, 3.05) is 0 Å². The zero-order chi connectivity index (χ0) is 47.3. The normalized spacial score (nSPS) is 12.5. The Morgan fingerprint density at radius 1 is 0.418 bits per heavy atom. The molecule has 10 rings (SSSR count). The van der Waals surface area contributed by atoms with E-state index in [4.69, 9.17) is 0 Å². The molecule has 67 heavy (non-hydrogen) atoms. The largest absolute Gasteiger partial charge is 0.417 e. The molecule has 0 aliphatic carbocycles. The van der Waals surface area contributed by atoms with E-state index < -0.39 is 40.8 Å². The van der Waals surface area contributed by atoms with E-state index in [0.717, 1.165) is 62.3 Å². The lowest BCUT2D eigenvalue weighted by Gasteiger charge is -2.22. The Morgan fingerprint density at radius 2 is 0.881 bits per heavy atom. The summed E-state index contributed by atoms with van der Waals surface area (Å²) < 4.78 is 131. The number of rotatable bonds is 5. The molecule has 8 aromatic carbocycles. The van der Waals surface area contributed by atoms with Crippen molar-refractivity contribution in [3.8, 4) is 50.8 Å². The second-order valence-corrected chi connectivity index (χ2v) is 16.8. The SMILES string of the molecule is Cc1ccc(-c2ccc3c(c2)c2ccccc2n3-c2cc(C#N)cc(-n3c4ccccc4c4cc(-c5ccc(C(F)(F)F)cc5C(F)(F)F)ccc43)c2-c2ccc(C(F)(F)F)cc2C)c(C)c1. The summed E-state index contributed by atoms with van der Waals surface area (Å²) >= 11 is 0. The first-order valence-electron chi connectivity index (χ1n) is 21.0. The number of hydrogen-bond acceptors (Lipinski definition) is 1. The van der Waals surface area contributed by atoms with E-state index in [1.54, 1.807) is 49.4 Å². The van der Waals surface area contributed by atoms with Crippen molar-refractivity contribution in [3.63, 3.8) is 0 Å². The lowest BCUT2D eigenvalue weighted by Crippen LogP contribution is -2.12. The van der Waals surface area contributed by atoms with Crippen LogP contribution in [0.3, 0.4) is 0 Å². The van der Waals surface area contributed by atoms with Crippen molar-refractivity contribution < 1.29 is 39.5 Å².